The van der Waals surface area contributed by atoms with Gasteiger partial charge in [-0.25, -0.2) is 0 Å². The van der Waals surface area contributed by atoms with Crippen molar-refractivity contribution in [1.82, 2.24) is 0 Å². The van der Waals surface area contributed by atoms with Crippen LogP contribution in [-0.2, 0) is 9.59 Å². The second-order valence-corrected chi connectivity index (χ2v) is 6.85. The molecule has 0 radical (unpaired) electrons. The molecule has 0 aromatic carbocycles. The molecular weight excluding hydrogens is 236 g/mol. The highest BCUT2D eigenvalue weighted by atomic mass is 16.1. The zero-order valence-corrected chi connectivity index (χ0v) is 12.1. The number of carbonyl (C=O) groups excluding carboxylic acids is 2. The summed E-state index contributed by atoms with van der Waals surface area (Å²) < 4.78 is 0. The molecule has 0 bridgehead atoms. The molecule has 2 nitrogen and oxygen atoms in total. The molecular formula is C17H28O2. The van der Waals surface area contributed by atoms with Crippen LogP contribution < -0.4 is 0 Å². The number of carbonyl (C=O) groups is 2. The van der Waals surface area contributed by atoms with Crippen LogP contribution in [0.15, 0.2) is 0 Å². The third kappa shape index (κ3) is 4.15. The van der Waals surface area contributed by atoms with Crippen LogP contribution in [0.1, 0.15) is 77.0 Å². The standard InChI is InChI=1S/C17H28O2/c18-13-17(14-19,11-9-15-5-1-2-6-15)12-10-16-7-3-4-8-16/h13-16H,1-12H2. The minimum atomic E-state index is -0.662. The lowest BCUT2D eigenvalue weighted by Crippen LogP contribution is -2.26. The fourth-order valence-electron chi connectivity index (χ4n) is 3.93. The van der Waals surface area contributed by atoms with Crippen molar-refractivity contribution in [2.75, 3.05) is 0 Å². The molecule has 108 valence electrons. The second-order valence-electron chi connectivity index (χ2n) is 6.85. The Labute approximate surface area is 117 Å². The third-order valence-electron chi connectivity index (χ3n) is 5.45. The molecule has 0 N–H and O–H groups in total. The lowest BCUT2D eigenvalue weighted by Gasteiger charge is -2.24. The first kappa shape index (κ1) is 14.7. The predicted octanol–water partition coefficient (Wildman–Crippen LogP) is 4.31. The van der Waals surface area contributed by atoms with Crippen LogP contribution >= 0.6 is 0 Å². The summed E-state index contributed by atoms with van der Waals surface area (Å²) in [6.45, 7) is 0. The van der Waals surface area contributed by atoms with Crippen molar-refractivity contribution < 1.29 is 9.59 Å². The van der Waals surface area contributed by atoms with E-state index in [9.17, 15) is 9.59 Å². The van der Waals surface area contributed by atoms with Crippen LogP contribution in [0.25, 0.3) is 0 Å². The SMILES string of the molecule is O=CC(C=O)(CCC1CCCC1)CCC1CCCC1. The van der Waals surface area contributed by atoms with Gasteiger partial charge in [-0.1, -0.05) is 51.4 Å². The first-order valence-corrected chi connectivity index (χ1v) is 8.21. The van der Waals surface area contributed by atoms with Crippen molar-refractivity contribution in [3.8, 4) is 0 Å². The van der Waals surface area contributed by atoms with E-state index in [-0.39, 0.29) is 0 Å². The van der Waals surface area contributed by atoms with Gasteiger partial charge in [0.15, 0.2) is 0 Å². The summed E-state index contributed by atoms with van der Waals surface area (Å²) in [6.07, 6.45) is 16.2. The largest absolute Gasteiger partial charge is 0.302 e. The first-order chi connectivity index (χ1) is 9.28. The fourth-order valence-corrected chi connectivity index (χ4v) is 3.93. The maximum Gasteiger partial charge on any atom is 0.133 e. The van der Waals surface area contributed by atoms with Crippen LogP contribution in [0, 0.1) is 17.3 Å². The zero-order valence-electron chi connectivity index (χ0n) is 12.1. The molecule has 19 heavy (non-hydrogen) atoms. The lowest BCUT2D eigenvalue weighted by molar-refractivity contribution is -0.127. The molecule has 2 saturated carbocycles. The Balaban J connectivity index is 1.80. The Morgan fingerprint density at radius 1 is 0.737 bits per heavy atom. The molecule has 2 heteroatoms. The van der Waals surface area contributed by atoms with Gasteiger partial charge < -0.3 is 9.59 Å². The van der Waals surface area contributed by atoms with Crippen LogP contribution in [0.5, 0.6) is 0 Å². The normalized spacial score (nSPS) is 21.9. The minimum Gasteiger partial charge on any atom is -0.302 e. The van der Waals surface area contributed by atoms with Gasteiger partial charge >= 0.3 is 0 Å². The Morgan fingerprint density at radius 3 is 1.42 bits per heavy atom. The average Bonchev–Trinajstić information content (AvgIpc) is 3.13. The Morgan fingerprint density at radius 2 is 1.11 bits per heavy atom. The summed E-state index contributed by atoms with van der Waals surface area (Å²) >= 11 is 0. The van der Waals surface area contributed by atoms with Crippen molar-refractivity contribution in [1.29, 1.82) is 0 Å². The van der Waals surface area contributed by atoms with E-state index in [0.29, 0.717) is 0 Å². The van der Waals surface area contributed by atoms with Crippen LogP contribution in [-0.4, -0.2) is 12.6 Å². The molecule has 2 aliphatic carbocycles. The summed E-state index contributed by atoms with van der Waals surface area (Å²) in [4.78, 5) is 22.9. The van der Waals surface area contributed by atoms with Crippen LogP contribution in [0.3, 0.4) is 0 Å². The van der Waals surface area contributed by atoms with E-state index < -0.39 is 5.41 Å². The summed E-state index contributed by atoms with van der Waals surface area (Å²) in [5.41, 5.74) is -0.662. The summed E-state index contributed by atoms with van der Waals surface area (Å²) in [5.74, 6) is 1.54. The number of hydrogen-bond donors (Lipinski definition) is 0. The minimum absolute atomic E-state index is 0.662. The van der Waals surface area contributed by atoms with E-state index in [1.165, 1.54) is 51.4 Å². The Hall–Kier alpha value is -0.660. The lowest BCUT2D eigenvalue weighted by atomic mass is 9.77. The highest BCUT2D eigenvalue weighted by molar-refractivity contribution is 5.83. The molecule has 0 aliphatic heterocycles. The van der Waals surface area contributed by atoms with Gasteiger partial charge in [-0.2, -0.15) is 0 Å². The molecule has 2 rings (SSSR count). The third-order valence-corrected chi connectivity index (χ3v) is 5.45. The maximum absolute atomic E-state index is 11.4. The summed E-state index contributed by atoms with van der Waals surface area (Å²) in [5, 5.41) is 0. The van der Waals surface area contributed by atoms with Crippen molar-refractivity contribution in [3.63, 3.8) is 0 Å². The highest BCUT2D eigenvalue weighted by Gasteiger charge is 2.31. The summed E-state index contributed by atoms with van der Waals surface area (Å²) in [6, 6.07) is 0. The first-order valence-electron chi connectivity index (χ1n) is 8.21. The maximum atomic E-state index is 11.4. The number of aldehydes is 2. The van der Waals surface area contributed by atoms with Crippen LogP contribution in [0.4, 0.5) is 0 Å². The topological polar surface area (TPSA) is 34.1 Å². The quantitative estimate of drug-likeness (QED) is 0.483. The second kappa shape index (κ2) is 7.21. The van der Waals surface area contributed by atoms with Crippen molar-refractivity contribution in [2.24, 2.45) is 17.3 Å². The molecule has 0 aromatic rings. The molecule has 0 atom stereocenters. The number of rotatable bonds is 8. The van der Waals surface area contributed by atoms with Gasteiger partial charge in [0.05, 0.1) is 5.41 Å². The van der Waals surface area contributed by atoms with Crippen molar-refractivity contribution in [3.05, 3.63) is 0 Å². The molecule has 0 spiro atoms. The van der Waals surface area contributed by atoms with Crippen molar-refractivity contribution in [2.45, 2.75) is 77.0 Å². The Kier molecular flexibility index (Phi) is 5.59. The molecule has 0 saturated heterocycles. The van der Waals surface area contributed by atoms with E-state index in [1.54, 1.807) is 0 Å². The van der Waals surface area contributed by atoms with E-state index in [2.05, 4.69) is 0 Å². The number of hydrogen-bond acceptors (Lipinski definition) is 2. The van der Waals surface area contributed by atoms with Gasteiger partial charge in [0.1, 0.15) is 12.6 Å². The predicted molar refractivity (Wildman–Crippen MR) is 76.9 cm³/mol. The van der Waals surface area contributed by atoms with E-state index in [4.69, 9.17) is 0 Å². The van der Waals surface area contributed by atoms with Gasteiger partial charge in [-0.05, 0) is 37.5 Å². The highest BCUT2D eigenvalue weighted by Crippen LogP contribution is 2.37. The smallest absolute Gasteiger partial charge is 0.133 e. The van der Waals surface area contributed by atoms with E-state index in [0.717, 1.165) is 50.1 Å². The molecule has 0 heterocycles. The summed E-state index contributed by atoms with van der Waals surface area (Å²) in [7, 11) is 0. The van der Waals surface area contributed by atoms with Gasteiger partial charge in [-0.3, -0.25) is 0 Å². The molecule has 0 unspecified atom stereocenters. The van der Waals surface area contributed by atoms with E-state index >= 15 is 0 Å². The molecule has 2 aliphatic rings. The van der Waals surface area contributed by atoms with Crippen molar-refractivity contribution >= 4 is 12.6 Å². The van der Waals surface area contributed by atoms with Gasteiger partial charge in [-0.15, -0.1) is 0 Å². The van der Waals surface area contributed by atoms with Gasteiger partial charge in [0.2, 0.25) is 0 Å². The monoisotopic (exact) mass is 264 g/mol. The fraction of sp³-hybridized carbons (Fsp3) is 0.882. The zero-order chi connectivity index (χ0) is 13.6. The van der Waals surface area contributed by atoms with Gasteiger partial charge in [0.25, 0.3) is 0 Å². The Bertz CT molecular complexity index is 256. The van der Waals surface area contributed by atoms with Gasteiger partial charge in [0, 0.05) is 0 Å². The van der Waals surface area contributed by atoms with Crippen LogP contribution in [0.2, 0.25) is 0 Å². The average molecular weight is 264 g/mol. The molecule has 2 fully saturated rings. The molecule has 0 aromatic heterocycles. The molecule has 0 amide bonds. The van der Waals surface area contributed by atoms with E-state index in [1.807, 2.05) is 0 Å².